The zero-order valence-corrected chi connectivity index (χ0v) is 17.9. The van der Waals surface area contributed by atoms with Gasteiger partial charge in [0, 0.05) is 18.7 Å². The second kappa shape index (κ2) is 10.4. The van der Waals surface area contributed by atoms with Crippen molar-refractivity contribution >= 4 is 23.3 Å². The molecule has 1 heterocycles. The van der Waals surface area contributed by atoms with E-state index in [-0.39, 0.29) is 24.0 Å². The predicted molar refractivity (Wildman–Crippen MR) is 123 cm³/mol. The lowest BCUT2D eigenvalue weighted by molar-refractivity contribution is 0.0948. The van der Waals surface area contributed by atoms with Crippen molar-refractivity contribution in [1.82, 2.24) is 15.3 Å². The summed E-state index contributed by atoms with van der Waals surface area (Å²) >= 11 is 0. The van der Waals surface area contributed by atoms with E-state index in [1.165, 1.54) is 13.4 Å². The van der Waals surface area contributed by atoms with Crippen LogP contribution >= 0.6 is 0 Å². The molecular formula is C23H26N6O3. The summed E-state index contributed by atoms with van der Waals surface area (Å²) in [5, 5.41) is 24.0. The van der Waals surface area contributed by atoms with Gasteiger partial charge < -0.3 is 26.2 Å². The highest BCUT2D eigenvalue weighted by atomic mass is 16.5. The van der Waals surface area contributed by atoms with Crippen LogP contribution in [0.2, 0.25) is 0 Å². The fourth-order valence-corrected chi connectivity index (χ4v) is 3.07. The lowest BCUT2D eigenvalue weighted by Gasteiger charge is -2.14. The first-order chi connectivity index (χ1) is 15.4. The summed E-state index contributed by atoms with van der Waals surface area (Å²) in [6.45, 7) is 2.23. The highest BCUT2D eigenvalue weighted by molar-refractivity contribution is 6.16. The number of nitrogens with two attached hydrogens (primary N) is 1. The normalized spacial score (nSPS) is 11.5. The van der Waals surface area contributed by atoms with Crippen LogP contribution in [0.15, 0.2) is 54.9 Å². The van der Waals surface area contributed by atoms with Crippen LogP contribution in [0.25, 0.3) is 0 Å². The lowest BCUT2D eigenvalue weighted by atomic mass is 10.0. The Balaban J connectivity index is 1.71. The third-order valence-electron chi connectivity index (χ3n) is 4.74. The molecule has 1 aromatic heterocycles. The number of nitrogens with one attached hydrogen (secondary N) is 3. The molecule has 1 amide bonds. The number of aromatic nitrogens is 2. The van der Waals surface area contributed by atoms with Crippen molar-refractivity contribution in [3.8, 4) is 5.75 Å². The van der Waals surface area contributed by atoms with E-state index in [0.29, 0.717) is 34.8 Å². The smallest absolute Gasteiger partial charge is 0.255 e. The third kappa shape index (κ3) is 5.38. The van der Waals surface area contributed by atoms with Crippen LogP contribution < -0.4 is 21.1 Å². The second-order valence-corrected chi connectivity index (χ2v) is 7.17. The average molecular weight is 435 g/mol. The maximum Gasteiger partial charge on any atom is 0.255 e. The van der Waals surface area contributed by atoms with Gasteiger partial charge in [-0.15, -0.1) is 0 Å². The zero-order chi connectivity index (χ0) is 23.1. The largest absolute Gasteiger partial charge is 0.496 e. The Morgan fingerprint density at radius 3 is 2.59 bits per heavy atom. The van der Waals surface area contributed by atoms with Gasteiger partial charge in [-0.2, -0.15) is 0 Å². The van der Waals surface area contributed by atoms with Crippen LogP contribution in [0.5, 0.6) is 5.75 Å². The molecule has 0 saturated heterocycles. The van der Waals surface area contributed by atoms with E-state index in [1.54, 1.807) is 43.3 Å². The maximum atomic E-state index is 12.5. The molecule has 9 nitrogen and oxygen atoms in total. The minimum absolute atomic E-state index is 0.154. The first-order valence-corrected chi connectivity index (χ1v) is 10.0. The summed E-state index contributed by atoms with van der Waals surface area (Å²) in [6, 6.07) is 14.2. The van der Waals surface area contributed by atoms with E-state index in [0.717, 1.165) is 5.56 Å². The number of hydrogen-bond donors (Lipinski definition) is 5. The van der Waals surface area contributed by atoms with Crippen molar-refractivity contribution in [3.05, 3.63) is 77.1 Å². The molecule has 2 aromatic carbocycles. The summed E-state index contributed by atoms with van der Waals surface area (Å²) in [5.74, 6) is 0.835. The molecule has 9 heteroatoms. The van der Waals surface area contributed by atoms with Gasteiger partial charge in [-0.1, -0.05) is 36.4 Å². The first-order valence-electron chi connectivity index (χ1n) is 10.0. The molecule has 166 valence electrons. The minimum Gasteiger partial charge on any atom is -0.496 e. The fraction of sp³-hybridized carbons (Fsp3) is 0.217. The number of nitrogens with zero attached hydrogens (tertiary/aromatic N) is 2. The van der Waals surface area contributed by atoms with Gasteiger partial charge in [-0.3, -0.25) is 10.2 Å². The van der Waals surface area contributed by atoms with Gasteiger partial charge >= 0.3 is 0 Å². The number of nitrogen functional groups attached to an aromatic ring is 1. The first kappa shape index (κ1) is 22.7. The molecule has 0 aliphatic heterocycles. The molecule has 0 spiro atoms. The van der Waals surface area contributed by atoms with E-state index in [1.807, 2.05) is 12.1 Å². The number of carbonyl (C=O) groups excluding carboxylic acids is 1. The van der Waals surface area contributed by atoms with Crippen molar-refractivity contribution in [2.24, 2.45) is 0 Å². The SMILES string of the molecule is COc1ccccc1C(=O)NCc1ccc(C(=N)c2c(N)ncnc2NCC(C)O)cc1. The van der Waals surface area contributed by atoms with Crippen molar-refractivity contribution in [2.45, 2.75) is 19.6 Å². The van der Waals surface area contributed by atoms with Gasteiger partial charge in [-0.25, -0.2) is 9.97 Å². The van der Waals surface area contributed by atoms with Gasteiger partial charge in [0.05, 0.1) is 30.1 Å². The van der Waals surface area contributed by atoms with Gasteiger partial charge in [-0.05, 0) is 24.6 Å². The van der Waals surface area contributed by atoms with Crippen molar-refractivity contribution in [1.29, 1.82) is 5.41 Å². The number of amides is 1. The molecule has 0 fully saturated rings. The average Bonchev–Trinajstić information content (AvgIpc) is 2.81. The molecule has 0 bridgehead atoms. The molecule has 32 heavy (non-hydrogen) atoms. The minimum atomic E-state index is -0.585. The Morgan fingerprint density at radius 2 is 1.91 bits per heavy atom. The number of para-hydroxylation sites is 1. The second-order valence-electron chi connectivity index (χ2n) is 7.17. The van der Waals surface area contributed by atoms with Crippen molar-refractivity contribution < 1.29 is 14.6 Å². The molecular weight excluding hydrogens is 408 g/mol. The summed E-state index contributed by atoms with van der Waals surface area (Å²) in [6.07, 6.45) is 0.725. The van der Waals surface area contributed by atoms with Crippen LogP contribution in [0.1, 0.15) is 34.0 Å². The number of benzene rings is 2. The lowest BCUT2D eigenvalue weighted by Crippen LogP contribution is -2.23. The zero-order valence-electron chi connectivity index (χ0n) is 17.9. The summed E-state index contributed by atoms with van der Waals surface area (Å²) in [4.78, 5) is 20.6. The van der Waals surface area contributed by atoms with Crippen LogP contribution in [0.4, 0.5) is 11.6 Å². The number of anilines is 2. The number of methoxy groups -OCH3 is 1. The Labute approximate surface area is 186 Å². The van der Waals surface area contributed by atoms with Gasteiger partial charge in [0.1, 0.15) is 23.7 Å². The number of aliphatic hydroxyl groups is 1. The maximum absolute atomic E-state index is 12.5. The summed E-state index contributed by atoms with van der Waals surface area (Å²) < 4.78 is 5.23. The third-order valence-corrected chi connectivity index (χ3v) is 4.74. The quantitative estimate of drug-likeness (QED) is 0.324. The van der Waals surface area contributed by atoms with E-state index < -0.39 is 6.10 Å². The summed E-state index contributed by atoms with van der Waals surface area (Å²) in [5.41, 5.74) is 8.47. The van der Waals surface area contributed by atoms with E-state index in [2.05, 4.69) is 20.6 Å². The van der Waals surface area contributed by atoms with Crippen molar-refractivity contribution in [3.63, 3.8) is 0 Å². The monoisotopic (exact) mass is 434 g/mol. The Morgan fingerprint density at radius 1 is 1.19 bits per heavy atom. The topological polar surface area (TPSA) is 146 Å². The van der Waals surface area contributed by atoms with Crippen LogP contribution in [0, 0.1) is 5.41 Å². The molecule has 3 aromatic rings. The molecule has 1 unspecified atom stereocenters. The van der Waals surface area contributed by atoms with Gasteiger partial charge in [0.15, 0.2) is 0 Å². The standard InChI is InChI=1S/C23H26N6O3/c1-14(30)11-26-22-19(21(25)28-13-29-22)20(24)16-9-7-15(8-10-16)12-27-23(31)17-5-3-4-6-18(17)32-2/h3-10,13-14,24,30H,11-12H2,1-2H3,(H,27,31)(H3,25,26,28,29). The van der Waals surface area contributed by atoms with Gasteiger partial charge in [0.25, 0.3) is 5.91 Å². The molecule has 0 aliphatic carbocycles. The highest BCUT2D eigenvalue weighted by Crippen LogP contribution is 2.22. The highest BCUT2D eigenvalue weighted by Gasteiger charge is 2.17. The fourth-order valence-electron chi connectivity index (χ4n) is 3.07. The molecule has 1 atom stereocenters. The van der Waals surface area contributed by atoms with Crippen molar-refractivity contribution in [2.75, 3.05) is 24.7 Å². The van der Waals surface area contributed by atoms with E-state index >= 15 is 0 Å². The predicted octanol–water partition coefficient (Wildman–Crippen LogP) is 2.21. The number of ether oxygens (including phenoxy) is 1. The van der Waals surface area contributed by atoms with E-state index in [9.17, 15) is 9.90 Å². The molecule has 0 aliphatic rings. The Hall–Kier alpha value is -3.98. The van der Waals surface area contributed by atoms with Crippen LogP contribution in [-0.2, 0) is 6.54 Å². The molecule has 6 N–H and O–H groups in total. The number of rotatable bonds is 9. The Kier molecular flexibility index (Phi) is 7.35. The van der Waals surface area contributed by atoms with E-state index in [4.69, 9.17) is 15.9 Å². The van der Waals surface area contributed by atoms with Crippen LogP contribution in [0.3, 0.4) is 0 Å². The van der Waals surface area contributed by atoms with Gasteiger partial charge in [0.2, 0.25) is 0 Å². The number of aliphatic hydroxyl groups excluding tert-OH is 1. The Bertz CT molecular complexity index is 1100. The summed E-state index contributed by atoms with van der Waals surface area (Å²) in [7, 11) is 1.52. The number of carbonyl (C=O) groups is 1. The molecule has 0 radical (unpaired) electrons. The molecule has 0 saturated carbocycles. The number of hydrogen-bond acceptors (Lipinski definition) is 8. The van der Waals surface area contributed by atoms with Crippen LogP contribution in [-0.4, -0.2) is 46.5 Å². The molecule has 3 rings (SSSR count).